The molecule has 0 bridgehead atoms. The largest absolute Gasteiger partial charge is 0.573 e. The SMILES string of the molecule is CC.CC.CC(C)(C)C(NCCCOO)C(=O)N1CCCC1C=O.CCC(C)Cc1ccc(-c2scnc2C)cc1.CCCC(=O)N1CCC(Nc2ccc(OC(F)(F)F)cc2)CC1.CCCOCC.CO.NC=O. The van der Waals surface area contributed by atoms with Gasteiger partial charge in [-0.3, -0.25) is 19.6 Å². The summed E-state index contributed by atoms with van der Waals surface area (Å²) in [5, 5.41) is 21.8. The van der Waals surface area contributed by atoms with E-state index >= 15 is 0 Å². The monoisotopic (exact) mass is 1090 g/mol. The van der Waals surface area contributed by atoms with Crippen LogP contribution < -0.4 is 21.1 Å². The van der Waals surface area contributed by atoms with Gasteiger partial charge in [0.25, 0.3) is 0 Å². The lowest BCUT2D eigenvalue weighted by Gasteiger charge is -2.35. The zero-order valence-electron chi connectivity index (χ0n) is 47.9. The van der Waals surface area contributed by atoms with Crippen molar-refractivity contribution in [3.05, 3.63) is 65.3 Å². The van der Waals surface area contributed by atoms with Crippen LogP contribution >= 0.6 is 11.3 Å². The molecule has 6 N–H and O–H groups in total. The van der Waals surface area contributed by atoms with Gasteiger partial charge in [0.2, 0.25) is 18.2 Å². The Morgan fingerprint density at radius 2 is 1.49 bits per heavy atom. The zero-order chi connectivity index (χ0) is 57.8. The van der Waals surface area contributed by atoms with E-state index in [9.17, 15) is 27.6 Å². The number of carbonyl (C=O) groups excluding carboxylic acids is 4. The standard InChI is InChI=1S/C16H21F3N2O2.C15H19NS.C14H26N2O4.C5H12O.2C2H6.CH3NO.CH4O/c1-2-3-15(22)21-10-8-13(9-11-21)20-12-4-6-14(7-5-12)23-16(17,18)19;1-4-11(2)9-13-5-7-14(8-6-13)15-12(3)16-10-17-15;1-14(2,3)12(15-7-5-9-20-19)13(18)16-8-4-6-11(16)10-17;1-3-5-6-4-2;2*1-2;2-1-3;1-2/h4-7,13,20H,2-3,8-11H2,1H3;5-8,10-11H,4,9H2,1-3H3;10-12,15,19H,4-9H2,1-3H3;3-5H2,1-2H3;2*1-2H3;1H,(H2,2,3);2H,1H3. The van der Waals surface area contributed by atoms with Gasteiger partial charge < -0.3 is 45.5 Å². The first-order chi connectivity index (χ1) is 35.8. The van der Waals surface area contributed by atoms with Gasteiger partial charge >= 0.3 is 6.36 Å². The Morgan fingerprint density at radius 1 is 0.907 bits per heavy atom. The van der Waals surface area contributed by atoms with Gasteiger partial charge in [0.15, 0.2) is 0 Å². The number of nitrogens with one attached hydrogen (secondary N) is 2. The maximum atomic E-state index is 12.6. The van der Waals surface area contributed by atoms with Crippen LogP contribution in [-0.4, -0.2) is 127 Å². The Bertz CT molecular complexity index is 1840. The highest BCUT2D eigenvalue weighted by Crippen LogP contribution is 2.29. The van der Waals surface area contributed by atoms with Gasteiger partial charge in [0, 0.05) is 58.1 Å². The van der Waals surface area contributed by atoms with Crippen LogP contribution in [0.4, 0.5) is 18.9 Å². The van der Waals surface area contributed by atoms with E-state index in [0.29, 0.717) is 39.0 Å². The number of halogens is 3. The molecule has 5 rings (SSSR count). The summed E-state index contributed by atoms with van der Waals surface area (Å²) in [6.07, 6.45) is 5.34. The lowest BCUT2D eigenvalue weighted by Crippen LogP contribution is -2.54. The number of aliphatic hydroxyl groups excluding tert-OH is 1. The van der Waals surface area contributed by atoms with E-state index in [4.69, 9.17) is 19.9 Å². The molecule has 19 heteroatoms. The fourth-order valence-corrected chi connectivity index (χ4v) is 8.17. The van der Waals surface area contributed by atoms with Gasteiger partial charge in [-0.25, -0.2) is 9.87 Å². The number of ether oxygens (including phenoxy) is 2. The minimum Gasteiger partial charge on any atom is -0.406 e. The third kappa shape index (κ3) is 33.9. The lowest BCUT2D eigenvalue weighted by atomic mass is 9.85. The van der Waals surface area contributed by atoms with Crippen molar-refractivity contribution in [2.45, 2.75) is 179 Å². The molecule has 2 fully saturated rings. The lowest BCUT2D eigenvalue weighted by molar-refractivity contribution is -0.274. The van der Waals surface area contributed by atoms with Crippen molar-refractivity contribution in [3.63, 3.8) is 0 Å². The third-order valence-electron chi connectivity index (χ3n) is 11.2. The molecule has 0 radical (unpaired) electrons. The Hall–Kier alpha value is -4.66. The van der Waals surface area contributed by atoms with Crippen LogP contribution in [0.25, 0.3) is 10.4 Å². The normalized spacial score (nSPS) is 14.6. The molecule has 432 valence electrons. The maximum absolute atomic E-state index is 12.6. The first-order valence-electron chi connectivity index (χ1n) is 26.6. The van der Waals surface area contributed by atoms with Crippen molar-refractivity contribution in [2.24, 2.45) is 17.1 Å². The highest BCUT2D eigenvalue weighted by molar-refractivity contribution is 7.13. The van der Waals surface area contributed by atoms with E-state index in [0.717, 1.165) is 82.4 Å². The number of hydrogen-bond acceptors (Lipinski definition) is 13. The summed E-state index contributed by atoms with van der Waals surface area (Å²) in [4.78, 5) is 57.2. The Labute approximate surface area is 452 Å². The second-order valence-corrected chi connectivity index (χ2v) is 18.8. The predicted molar refractivity (Wildman–Crippen MR) is 300 cm³/mol. The third-order valence-corrected chi connectivity index (χ3v) is 12.2. The van der Waals surface area contributed by atoms with Gasteiger partial charge in [-0.2, -0.15) is 0 Å². The van der Waals surface area contributed by atoms with Crippen LogP contribution in [-0.2, 0) is 35.2 Å². The number of likely N-dealkylation sites (tertiary alicyclic amines) is 2. The summed E-state index contributed by atoms with van der Waals surface area (Å²) in [5.74, 6) is 0.714. The molecule has 1 aromatic heterocycles. The van der Waals surface area contributed by atoms with Gasteiger partial charge in [-0.1, -0.05) is 107 Å². The summed E-state index contributed by atoms with van der Waals surface area (Å²) in [6.45, 7) is 31.4. The summed E-state index contributed by atoms with van der Waals surface area (Å²) >= 11 is 1.72. The zero-order valence-corrected chi connectivity index (χ0v) is 48.7. The number of nitrogens with two attached hydrogens (primary N) is 1. The second-order valence-electron chi connectivity index (χ2n) is 18.0. The number of primary amides is 1. The first kappa shape index (κ1) is 74.6. The number of carbonyl (C=O) groups is 4. The number of aliphatic hydroxyl groups is 1. The number of piperidine rings is 1. The fraction of sp³-hybridized carbons (Fsp3) is 0.661. The van der Waals surface area contributed by atoms with Gasteiger partial charge in [-0.05, 0) is 118 Å². The minimum absolute atomic E-state index is 0.0167. The molecule has 75 heavy (non-hydrogen) atoms. The number of rotatable bonds is 19. The molecule has 3 atom stereocenters. The van der Waals surface area contributed by atoms with Crippen LogP contribution in [0.3, 0.4) is 0 Å². The van der Waals surface area contributed by atoms with Crippen molar-refractivity contribution in [2.75, 3.05) is 58.4 Å². The number of thiazole rings is 1. The Morgan fingerprint density at radius 3 is 1.93 bits per heavy atom. The highest BCUT2D eigenvalue weighted by atomic mass is 32.1. The van der Waals surface area contributed by atoms with E-state index in [2.05, 4.69) is 82.9 Å². The van der Waals surface area contributed by atoms with E-state index in [1.165, 1.54) is 41.0 Å². The number of hydrogen-bond donors (Lipinski definition) is 5. The summed E-state index contributed by atoms with van der Waals surface area (Å²) in [6, 6.07) is 14.2. The number of amides is 3. The van der Waals surface area contributed by atoms with Crippen LogP contribution in [0.1, 0.15) is 152 Å². The molecule has 3 heterocycles. The minimum atomic E-state index is -4.67. The average Bonchev–Trinajstić information content (AvgIpc) is 4.07. The Kier molecular flexibility index (Phi) is 45.3. The summed E-state index contributed by atoms with van der Waals surface area (Å²) < 4.78 is 45.1. The summed E-state index contributed by atoms with van der Waals surface area (Å²) in [7, 11) is 1.00. The molecule has 2 aliphatic rings. The summed E-state index contributed by atoms with van der Waals surface area (Å²) in [5.41, 5.74) is 10.4. The molecule has 3 unspecified atom stereocenters. The van der Waals surface area contributed by atoms with Crippen molar-refractivity contribution in [3.8, 4) is 16.2 Å². The van der Waals surface area contributed by atoms with Crippen molar-refractivity contribution in [1.29, 1.82) is 0 Å². The molecular formula is C56H97F3N6O9S. The molecule has 3 amide bonds. The van der Waals surface area contributed by atoms with Gasteiger partial charge in [0.05, 0.1) is 34.8 Å². The predicted octanol–water partition coefficient (Wildman–Crippen LogP) is 11.8. The number of anilines is 1. The van der Waals surface area contributed by atoms with E-state index in [-0.39, 0.29) is 54.1 Å². The van der Waals surface area contributed by atoms with Crippen LogP contribution in [0, 0.1) is 18.3 Å². The number of aryl methyl sites for hydroxylation is 1. The molecular weight excluding hydrogens is 990 g/mol. The van der Waals surface area contributed by atoms with Crippen LogP contribution in [0.15, 0.2) is 54.0 Å². The number of aromatic nitrogens is 1. The second kappa shape index (κ2) is 45.5. The van der Waals surface area contributed by atoms with Gasteiger partial charge in [-0.15, -0.1) is 24.5 Å². The average molecular weight is 1090 g/mol. The van der Waals surface area contributed by atoms with E-state index < -0.39 is 6.36 Å². The molecule has 3 aromatic rings. The van der Waals surface area contributed by atoms with Crippen molar-refractivity contribution >= 4 is 41.5 Å². The van der Waals surface area contributed by atoms with E-state index in [1.54, 1.807) is 28.4 Å². The molecule has 2 saturated heterocycles. The molecule has 0 spiro atoms. The first-order valence-corrected chi connectivity index (χ1v) is 27.5. The number of benzene rings is 2. The highest BCUT2D eigenvalue weighted by Gasteiger charge is 2.38. The topological polar surface area (TPSA) is 206 Å². The van der Waals surface area contributed by atoms with Gasteiger partial charge in [0.1, 0.15) is 12.0 Å². The van der Waals surface area contributed by atoms with E-state index in [1.807, 2.05) is 72.7 Å². The molecule has 0 saturated carbocycles. The van der Waals surface area contributed by atoms with Crippen molar-refractivity contribution in [1.82, 2.24) is 20.1 Å². The Balaban J connectivity index is -0.000000919. The number of nitrogens with zero attached hydrogens (tertiary/aromatic N) is 3. The van der Waals surface area contributed by atoms with Crippen LogP contribution in [0.5, 0.6) is 5.75 Å². The van der Waals surface area contributed by atoms with Crippen molar-refractivity contribution < 1.29 is 57.1 Å². The molecule has 2 aromatic carbocycles. The molecule has 2 aliphatic heterocycles. The fourth-order valence-electron chi connectivity index (χ4n) is 7.36. The number of aldehydes is 1. The maximum Gasteiger partial charge on any atom is 0.573 e. The van der Waals surface area contributed by atoms with Crippen LogP contribution in [0.2, 0.25) is 0 Å². The molecule has 0 aliphatic carbocycles. The molecule has 15 nitrogen and oxygen atoms in total. The number of alkyl halides is 3. The smallest absolute Gasteiger partial charge is 0.406 e. The quantitative estimate of drug-likeness (QED) is 0.0329.